The molecule has 9 heteroatoms. The van der Waals surface area contributed by atoms with Crippen molar-refractivity contribution < 1.29 is 28.2 Å². The van der Waals surface area contributed by atoms with Crippen molar-refractivity contribution in [2.45, 2.75) is 26.7 Å². The van der Waals surface area contributed by atoms with E-state index in [1.165, 1.54) is 0 Å². The van der Waals surface area contributed by atoms with E-state index in [4.69, 9.17) is 23.0 Å². The molecule has 2 aromatic carbocycles. The van der Waals surface area contributed by atoms with Gasteiger partial charge >= 0.3 is 0 Å². The van der Waals surface area contributed by atoms with Gasteiger partial charge in [-0.3, -0.25) is 0 Å². The van der Waals surface area contributed by atoms with Crippen molar-refractivity contribution in [1.29, 1.82) is 0 Å². The molecular formula is C28H25N3O6. The first kappa shape index (κ1) is 24.1. The minimum absolute atomic E-state index is 0.200. The van der Waals surface area contributed by atoms with Gasteiger partial charge in [0.1, 0.15) is 24.7 Å². The number of methoxy groups -OCH3 is 1. The van der Waals surface area contributed by atoms with Crippen molar-refractivity contribution in [3.8, 4) is 40.4 Å². The summed E-state index contributed by atoms with van der Waals surface area (Å²) in [4.78, 5) is 13.3. The zero-order chi connectivity index (χ0) is 25.6. The Morgan fingerprint density at radius 2 is 1.78 bits per heavy atom. The molecule has 0 saturated heterocycles. The van der Waals surface area contributed by atoms with Crippen LogP contribution in [0.25, 0.3) is 23.0 Å². The number of hydrogen-bond donors (Lipinski definition) is 1. The van der Waals surface area contributed by atoms with Gasteiger partial charge in [0.15, 0.2) is 23.1 Å². The number of nitrogens with zero attached hydrogens (tertiary/aromatic N) is 3. The second-order valence-electron chi connectivity index (χ2n) is 8.11. The first-order chi connectivity index (χ1) is 18.1. The number of ether oxygens (including phenoxy) is 3. The van der Waals surface area contributed by atoms with Crippen molar-refractivity contribution in [3.05, 3.63) is 95.7 Å². The molecule has 5 aromatic rings. The summed E-state index contributed by atoms with van der Waals surface area (Å²) in [5.41, 5.74) is 2.86. The lowest BCUT2D eigenvalue weighted by Gasteiger charge is -2.13. The van der Waals surface area contributed by atoms with Crippen LogP contribution in [0, 0.1) is 6.92 Å². The van der Waals surface area contributed by atoms with Gasteiger partial charge in [-0.05, 0) is 36.8 Å². The average Bonchev–Trinajstić information content (AvgIpc) is 3.61. The highest BCUT2D eigenvalue weighted by Gasteiger charge is 2.16. The molecule has 0 atom stereocenters. The molecule has 0 fully saturated rings. The highest BCUT2D eigenvalue weighted by Crippen LogP contribution is 2.31. The van der Waals surface area contributed by atoms with E-state index in [0.717, 1.165) is 11.1 Å². The zero-order valence-electron chi connectivity index (χ0n) is 20.4. The fourth-order valence-corrected chi connectivity index (χ4v) is 3.64. The molecule has 37 heavy (non-hydrogen) atoms. The summed E-state index contributed by atoms with van der Waals surface area (Å²) in [5.74, 6) is 3.55. The monoisotopic (exact) mass is 499 g/mol. The van der Waals surface area contributed by atoms with Crippen LogP contribution in [0.3, 0.4) is 0 Å². The molecule has 5 rings (SSSR count). The van der Waals surface area contributed by atoms with E-state index in [-0.39, 0.29) is 19.8 Å². The second-order valence-corrected chi connectivity index (χ2v) is 8.11. The van der Waals surface area contributed by atoms with Crippen LogP contribution in [-0.2, 0) is 19.8 Å². The van der Waals surface area contributed by atoms with Gasteiger partial charge in [-0.15, -0.1) is 0 Å². The Kier molecular flexibility index (Phi) is 7.14. The highest BCUT2D eigenvalue weighted by atomic mass is 16.5. The minimum Gasteiger partial charge on any atom is -0.493 e. The topological polar surface area (TPSA) is 113 Å². The lowest BCUT2D eigenvalue weighted by atomic mass is 10.2. The number of aliphatic hydroxyl groups excluding tert-OH is 1. The average molecular weight is 500 g/mol. The molecule has 0 saturated carbocycles. The maximum absolute atomic E-state index is 9.71. The Morgan fingerprint density at radius 1 is 0.919 bits per heavy atom. The van der Waals surface area contributed by atoms with Gasteiger partial charge < -0.3 is 28.2 Å². The molecule has 0 aliphatic carbocycles. The highest BCUT2D eigenvalue weighted by molar-refractivity contribution is 5.55. The van der Waals surface area contributed by atoms with Gasteiger partial charge in [-0.25, -0.2) is 9.97 Å². The third-order valence-electron chi connectivity index (χ3n) is 5.62. The predicted molar refractivity (Wildman–Crippen MR) is 134 cm³/mol. The van der Waals surface area contributed by atoms with Crippen LogP contribution >= 0.6 is 0 Å². The quantitative estimate of drug-likeness (QED) is 0.271. The van der Waals surface area contributed by atoms with E-state index in [0.29, 0.717) is 51.9 Å². The van der Waals surface area contributed by atoms with E-state index < -0.39 is 0 Å². The van der Waals surface area contributed by atoms with Crippen LogP contribution in [0.2, 0.25) is 0 Å². The van der Waals surface area contributed by atoms with Gasteiger partial charge in [0.25, 0.3) is 5.89 Å². The molecule has 3 heterocycles. The number of hydrogen-bond acceptors (Lipinski definition) is 9. The van der Waals surface area contributed by atoms with Gasteiger partial charge in [-0.1, -0.05) is 36.4 Å². The second kappa shape index (κ2) is 11.0. The molecule has 0 aliphatic heterocycles. The van der Waals surface area contributed by atoms with Crippen molar-refractivity contribution in [1.82, 2.24) is 15.0 Å². The van der Waals surface area contributed by atoms with E-state index in [9.17, 15) is 5.11 Å². The zero-order valence-corrected chi connectivity index (χ0v) is 20.4. The number of rotatable bonds is 10. The van der Waals surface area contributed by atoms with Gasteiger partial charge in [0, 0.05) is 11.8 Å². The first-order valence-corrected chi connectivity index (χ1v) is 11.6. The Labute approximate surface area is 213 Å². The fourth-order valence-electron chi connectivity index (χ4n) is 3.64. The Hall–Kier alpha value is -4.63. The molecule has 0 bridgehead atoms. The predicted octanol–water partition coefficient (Wildman–Crippen LogP) is 5.36. The summed E-state index contributed by atoms with van der Waals surface area (Å²) in [6, 6.07) is 18.7. The van der Waals surface area contributed by atoms with Crippen molar-refractivity contribution in [2.24, 2.45) is 0 Å². The summed E-state index contributed by atoms with van der Waals surface area (Å²) >= 11 is 0. The van der Waals surface area contributed by atoms with Gasteiger partial charge in [-0.2, -0.15) is 4.98 Å². The van der Waals surface area contributed by atoms with Crippen LogP contribution in [-0.4, -0.2) is 27.2 Å². The largest absolute Gasteiger partial charge is 0.493 e. The number of aliphatic hydroxyl groups is 1. The summed E-state index contributed by atoms with van der Waals surface area (Å²) in [6.45, 7) is 2.01. The Morgan fingerprint density at radius 3 is 2.54 bits per heavy atom. The molecule has 1 N–H and O–H groups in total. The summed E-state index contributed by atoms with van der Waals surface area (Å²) in [7, 11) is 1.57. The van der Waals surface area contributed by atoms with Crippen LogP contribution in [0.5, 0.6) is 17.4 Å². The number of furan rings is 1. The van der Waals surface area contributed by atoms with Crippen LogP contribution in [0.15, 0.2) is 82.0 Å². The first-order valence-electron chi connectivity index (χ1n) is 11.6. The molecule has 0 aliphatic rings. The standard InChI is InChI=1S/C28H25N3O6/c1-18-22(30-28(37-18)24-9-6-12-34-24)17-35-23-11-10-19(13-25(23)33-2)16-36-27-21(15-32)14-29-26(31-27)20-7-4-3-5-8-20/h3-14,32H,15-17H2,1-2H3. The maximum Gasteiger partial charge on any atom is 0.263 e. The van der Waals surface area contributed by atoms with E-state index >= 15 is 0 Å². The molecule has 0 unspecified atom stereocenters. The molecule has 0 spiro atoms. The van der Waals surface area contributed by atoms with Crippen LogP contribution in [0.1, 0.15) is 22.6 Å². The van der Waals surface area contributed by atoms with E-state index in [2.05, 4.69) is 15.0 Å². The van der Waals surface area contributed by atoms with Crippen LogP contribution in [0.4, 0.5) is 0 Å². The Bertz CT molecular complexity index is 1470. The van der Waals surface area contributed by atoms with E-state index in [1.54, 1.807) is 31.7 Å². The summed E-state index contributed by atoms with van der Waals surface area (Å²) in [5, 5.41) is 9.71. The minimum atomic E-state index is -0.233. The lowest BCUT2D eigenvalue weighted by Crippen LogP contribution is -2.04. The molecule has 3 aromatic heterocycles. The third-order valence-corrected chi connectivity index (χ3v) is 5.62. The number of oxazole rings is 1. The number of aromatic nitrogens is 3. The lowest BCUT2D eigenvalue weighted by molar-refractivity contribution is 0.251. The van der Waals surface area contributed by atoms with Gasteiger partial charge in [0.05, 0.1) is 25.5 Å². The molecule has 0 amide bonds. The third kappa shape index (κ3) is 5.46. The smallest absolute Gasteiger partial charge is 0.263 e. The SMILES string of the molecule is COc1cc(COc2nc(-c3ccccc3)ncc2CO)ccc1OCc1nc(-c2ccco2)oc1C. The fraction of sp³-hybridized carbons (Fsp3) is 0.179. The molecular weight excluding hydrogens is 474 g/mol. The van der Waals surface area contributed by atoms with Gasteiger partial charge in [0.2, 0.25) is 5.88 Å². The summed E-state index contributed by atoms with van der Waals surface area (Å²) < 4.78 is 28.5. The molecule has 188 valence electrons. The van der Waals surface area contributed by atoms with Crippen molar-refractivity contribution in [2.75, 3.05) is 7.11 Å². The maximum atomic E-state index is 9.71. The van der Waals surface area contributed by atoms with Crippen LogP contribution < -0.4 is 14.2 Å². The molecule has 0 radical (unpaired) electrons. The summed E-state index contributed by atoms with van der Waals surface area (Å²) in [6.07, 6.45) is 3.14. The number of benzene rings is 2. The van der Waals surface area contributed by atoms with E-state index in [1.807, 2.05) is 55.5 Å². The molecule has 9 nitrogen and oxygen atoms in total. The number of aryl methyl sites for hydroxylation is 1. The Balaban J connectivity index is 1.27. The van der Waals surface area contributed by atoms with Crippen molar-refractivity contribution in [3.63, 3.8) is 0 Å². The van der Waals surface area contributed by atoms with Crippen molar-refractivity contribution >= 4 is 0 Å². The normalized spacial score (nSPS) is 10.9.